The number of rotatable bonds is 7. The molecule has 0 aromatic heterocycles. The molecule has 1 N–H and O–H groups in total. The molecule has 1 unspecified atom stereocenters. The summed E-state index contributed by atoms with van der Waals surface area (Å²) in [7, 11) is -3.86. The fraction of sp³-hybridized carbons (Fsp3) is 0.650. The quantitative estimate of drug-likeness (QED) is 0.747. The van der Waals surface area contributed by atoms with Crippen LogP contribution in [0.3, 0.4) is 0 Å². The Morgan fingerprint density at radius 3 is 2.43 bits per heavy atom. The number of hydrogen-bond acceptors (Lipinski definition) is 4. The Hall–Kier alpha value is -1.51. The Kier molecular flexibility index (Phi) is 7.06. The Morgan fingerprint density at radius 1 is 1.18 bits per heavy atom. The van der Waals surface area contributed by atoms with Crippen molar-refractivity contribution in [3.05, 3.63) is 30.1 Å². The lowest BCUT2D eigenvalue weighted by Crippen LogP contribution is -2.46. The number of carbonyl (C=O) groups excluding carboxylic acids is 1. The zero-order valence-corrected chi connectivity index (χ0v) is 17.3. The van der Waals surface area contributed by atoms with E-state index in [9.17, 15) is 17.6 Å². The van der Waals surface area contributed by atoms with Gasteiger partial charge in [0.05, 0.1) is 0 Å². The van der Waals surface area contributed by atoms with E-state index < -0.39 is 15.8 Å². The molecule has 0 aliphatic carbocycles. The Labute approximate surface area is 167 Å². The minimum atomic E-state index is -3.86. The van der Waals surface area contributed by atoms with Crippen LogP contribution in [0.25, 0.3) is 0 Å². The molecule has 8 heteroatoms. The molecule has 2 aliphatic heterocycles. The molecule has 1 aromatic rings. The molecule has 2 fully saturated rings. The third kappa shape index (κ3) is 4.72. The molecule has 0 radical (unpaired) electrons. The fourth-order valence-corrected chi connectivity index (χ4v) is 5.69. The average molecular weight is 412 g/mol. The highest BCUT2D eigenvalue weighted by atomic mass is 32.2. The van der Waals surface area contributed by atoms with Crippen molar-refractivity contribution in [2.24, 2.45) is 5.92 Å². The summed E-state index contributed by atoms with van der Waals surface area (Å²) in [5, 5.41) is 3.07. The molecule has 0 spiro atoms. The van der Waals surface area contributed by atoms with Crippen LogP contribution in [0.15, 0.2) is 29.2 Å². The number of nitrogens with zero attached hydrogens (tertiary/aromatic N) is 2. The maximum absolute atomic E-state index is 13.9. The maximum Gasteiger partial charge on any atom is 0.245 e. The molecule has 2 saturated heterocycles. The predicted molar refractivity (Wildman–Crippen MR) is 106 cm³/mol. The SMILES string of the molecule is CCC(CNC(=O)C1CCN(S(=O)(=O)c2ccccc2F)CC1)N1CCCC1. The van der Waals surface area contributed by atoms with Crippen molar-refractivity contribution in [2.45, 2.75) is 50.0 Å². The predicted octanol–water partition coefficient (Wildman–Crippen LogP) is 2.22. The van der Waals surface area contributed by atoms with Gasteiger partial charge in [-0.15, -0.1) is 0 Å². The van der Waals surface area contributed by atoms with E-state index in [0.717, 1.165) is 25.6 Å². The highest BCUT2D eigenvalue weighted by Gasteiger charge is 2.33. The van der Waals surface area contributed by atoms with Gasteiger partial charge in [0.15, 0.2) is 0 Å². The number of hydrogen-bond donors (Lipinski definition) is 1. The smallest absolute Gasteiger partial charge is 0.245 e. The van der Waals surface area contributed by atoms with E-state index in [-0.39, 0.29) is 29.8 Å². The molecular weight excluding hydrogens is 381 g/mol. The van der Waals surface area contributed by atoms with E-state index in [1.807, 2.05) is 0 Å². The molecule has 156 valence electrons. The molecule has 2 heterocycles. The van der Waals surface area contributed by atoms with Crippen LogP contribution in [0.2, 0.25) is 0 Å². The molecule has 1 atom stereocenters. The molecular formula is C20H30FN3O3S. The largest absolute Gasteiger partial charge is 0.354 e. The topological polar surface area (TPSA) is 69.7 Å². The minimum absolute atomic E-state index is 0.000543. The van der Waals surface area contributed by atoms with Crippen LogP contribution in [0.5, 0.6) is 0 Å². The monoisotopic (exact) mass is 411 g/mol. The van der Waals surface area contributed by atoms with Crippen LogP contribution in [0, 0.1) is 11.7 Å². The van der Waals surface area contributed by atoms with Crippen LogP contribution in [0.1, 0.15) is 39.0 Å². The van der Waals surface area contributed by atoms with Crippen molar-refractivity contribution < 1.29 is 17.6 Å². The van der Waals surface area contributed by atoms with E-state index in [2.05, 4.69) is 17.1 Å². The molecule has 1 aromatic carbocycles. The van der Waals surface area contributed by atoms with Crippen LogP contribution < -0.4 is 5.32 Å². The standard InChI is InChI=1S/C20H30FN3O3S/c1-2-17(23-11-5-6-12-23)15-22-20(25)16-9-13-24(14-10-16)28(26,27)19-8-4-3-7-18(19)21/h3-4,7-8,16-17H,2,5-6,9-15H2,1H3,(H,22,25). The number of likely N-dealkylation sites (tertiary alicyclic amines) is 1. The normalized spacial score (nSPS) is 20.9. The van der Waals surface area contributed by atoms with Crippen molar-refractivity contribution in [2.75, 3.05) is 32.7 Å². The van der Waals surface area contributed by atoms with Gasteiger partial charge in [-0.05, 0) is 57.3 Å². The molecule has 3 rings (SSSR count). The van der Waals surface area contributed by atoms with Gasteiger partial charge in [-0.2, -0.15) is 4.31 Å². The highest BCUT2D eigenvalue weighted by Crippen LogP contribution is 2.25. The Balaban J connectivity index is 1.52. The van der Waals surface area contributed by atoms with Gasteiger partial charge in [0.1, 0.15) is 10.7 Å². The first kappa shape index (κ1) is 21.2. The van der Waals surface area contributed by atoms with E-state index in [1.54, 1.807) is 0 Å². The van der Waals surface area contributed by atoms with Crippen LogP contribution >= 0.6 is 0 Å². The first-order valence-corrected chi connectivity index (χ1v) is 11.6. The van der Waals surface area contributed by atoms with Gasteiger partial charge in [0.25, 0.3) is 0 Å². The zero-order chi connectivity index (χ0) is 20.1. The number of carbonyl (C=O) groups is 1. The molecule has 0 bridgehead atoms. The number of piperidine rings is 1. The second-order valence-corrected chi connectivity index (χ2v) is 9.57. The second kappa shape index (κ2) is 9.33. The van der Waals surface area contributed by atoms with Gasteiger partial charge in [0, 0.05) is 31.6 Å². The molecule has 6 nitrogen and oxygen atoms in total. The van der Waals surface area contributed by atoms with Gasteiger partial charge >= 0.3 is 0 Å². The number of halogens is 1. The lowest BCUT2D eigenvalue weighted by atomic mass is 9.97. The van der Waals surface area contributed by atoms with E-state index >= 15 is 0 Å². The molecule has 0 saturated carbocycles. The third-order valence-electron chi connectivity index (χ3n) is 5.92. The van der Waals surface area contributed by atoms with Crippen molar-refractivity contribution in [3.8, 4) is 0 Å². The number of benzene rings is 1. The van der Waals surface area contributed by atoms with Crippen LogP contribution in [-0.4, -0.2) is 62.3 Å². The van der Waals surface area contributed by atoms with Gasteiger partial charge in [-0.3, -0.25) is 9.69 Å². The van der Waals surface area contributed by atoms with Crippen LogP contribution in [-0.2, 0) is 14.8 Å². The summed E-state index contributed by atoms with van der Waals surface area (Å²) in [5.41, 5.74) is 0. The molecule has 28 heavy (non-hydrogen) atoms. The molecule has 1 amide bonds. The van der Waals surface area contributed by atoms with E-state index in [1.165, 1.54) is 35.3 Å². The zero-order valence-electron chi connectivity index (χ0n) is 16.4. The second-order valence-electron chi connectivity index (χ2n) is 7.66. The van der Waals surface area contributed by atoms with E-state index in [0.29, 0.717) is 25.4 Å². The highest BCUT2D eigenvalue weighted by molar-refractivity contribution is 7.89. The minimum Gasteiger partial charge on any atom is -0.354 e. The summed E-state index contributed by atoms with van der Waals surface area (Å²) >= 11 is 0. The number of nitrogens with one attached hydrogen (secondary N) is 1. The summed E-state index contributed by atoms with van der Waals surface area (Å²) in [6.07, 6.45) is 4.36. The van der Waals surface area contributed by atoms with Gasteiger partial charge in [-0.1, -0.05) is 19.1 Å². The van der Waals surface area contributed by atoms with E-state index in [4.69, 9.17) is 0 Å². The Bertz CT molecular complexity index is 773. The van der Waals surface area contributed by atoms with Gasteiger partial charge in [0.2, 0.25) is 15.9 Å². The van der Waals surface area contributed by atoms with Crippen molar-refractivity contribution in [1.29, 1.82) is 0 Å². The van der Waals surface area contributed by atoms with Gasteiger partial charge in [-0.25, -0.2) is 12.8 Å². The number of sulfonamides is 1. The summed E-state index contributed by atoms with van der Waals surface area (Å²) in [4.78, 5) is 14.7. The number of amides is 1. The first-order valence-electron chi connectivity index (χ1n) is 10.2. The third-order valence-corrected chi connectivity index (χ3v) is 7.85. The van der Waals surface area contributed by atoms with Gasteiger partial charge < -0.3 is 5.32 Å². The molecule has 2 aliphatic rings. The summed E-state index contributed by atoms with van der Waals surface area (Å²) in [6.45, 7) is 5.45. The van der Waals surface area contributed by atoms with Crippen molar-refractivity contribution in [3.63, 3.8) is 0 Å². The fourth-order valence-electron chi connectivity index (χ4n) is 4.15. The summed E-state index contributed by atoms with van der Waals surface area (Å²) < 4.78 is 40.5. The van der Waals surface area contributed by atoms with Crippen molar-refractivity contribution >= 4 is 15.9 Å². The van der Waals surface area contributed by atoms with Crippen molar-refractivity contribution in [1.82, 2.24) is 14.5 Å². The lowest BCUT2D eigenvalue weighted by molar-refractivity contribution is -0.126. The first-order chi connectivity index (χ1) is 13.4. The lowest BCUT2D eigenvalue weighted by Gasteiger charge is -2.31. The van der Waals surface area contributed by atoms with Crippen LogP contribution in [0.4, 0.5) is 4.39 Å². The average Bonchev–Trinajstić information content (AvgIpc) is 3.23. The summed E-state index contributed by atoms with van der Waals surface area (Å²) in [5.74, 6) is -0.932. The maximum atomic E-state index is 13.9. The summed E-state index contributed by atoms with van der Waals surface area (Å²) in [6, 6.07) is 5.79. The Morgan fingerprint density at radius 2 is 1.82 bits per heavy atom.